The molecule has 0 N–H and O–H groups in total. The average molecular weight is 250 g/mol. The second kappa shape index (κ2) is 3.47. The maximum absolute atomic E-state index is 4.64. The van der Waals surface area contributed by atoms with Gasteiger partial charge in [0.2, 0.25) is 0 Å². The van der Waals surface area contributed by atoms with E-state index in [4.69, 9.17) is 0 Å². The van der Waals surface area contributed by atoms with E-state index in [2.05, 4.69) is 21.2 Å². The first kappa shape index (κ1) is 10.4. The maximum atomic E-state index is 4.64. The van der Waals surface area contributed by atoms with Crippen molar-refractivity contribution in [1.82, 2.24) is 19.7 Å². The molecule has 19 heavy (non-hydrogen) atoms. The molecule has 92 valence electrons. The van der Waals surface area contributed by atoms with Crippen LogP contribution in [0, 0.1) is 13.8 Å². The topological polar surface area (TPSA) is 47.2 Å². The number of aryl methyl sites for hydroxylation is 2. The van der Waals surface area contributed by atoms with Crippen LogP contribution in [-0.2, 0) is 0 Å². The highest BCUT2D eigenvalue weighted by Gasteiger charge is 2.19. The summed E-state index contributed by atoms with van der Waals surface area (Å²) in [4.78, 5) is 4.53. The molecule has 0 aliphatic rings. The van der Waals surface area contributed by atoms with Gasteiger partial charge in [0.25, 0.3) is 5.65 Å². The van der Waals surface area contributed by atoms with Gasteiger partial charge in [0, 0.05) is 16.8 Å². The van der Waals surface area contributed by atoms with Gasteiger partial charge in [-0.25, -0.2) is 0 Å². The van der Waals surface area contributed by atoms with E-state index >= 15 is 0 Å². The minimum absolute atomic E-state index is 0.748. The number of hydrogen-bond acceptors (Lipinski definition) is 3. The van der Waals surface area contributed by atoms with E-state index in [1.807, 2.05) is 48.8 Å². The zero-order valence-corrected chi connectivity index (χ0v) is 10.7. The largest absolute Gasteiger partial charge is 0.449 e. The summed E-state index contributed by atoms with van der Waals surface area (Å²) in [6.07, 6.45) is 1.85. The van der Waals surface area contributed by atoms with Crippen molar-refractivity contribution in [2.45, 2.75) is 13.8 Å². The fraction of sp³-hybridized carbons (Fsp3) is 0.143. The molecule has 0 radical (unpaired) electrons. The highest BCUT2D eigenvalue weighted by Crippen LogP contribution is 2.17. The van der Waals surface area contributed by atoms with Crippen LogP contribution in [0.25, 0.3) is 22.2 Å². The van der Waals surface area contributed by atoms with Crippen LogP contribution in [0.15, 0.2) is 36.5 Å². The molecule has 3 aromatic heterocycles. The lowest BCUT2D eigenvalue weighted by Gasteiger charge is -1.93. The normalized spacial score (nSPS) is 11.7. The van der Waals surface area contributed by atoms with Gasteiger partial charge in [0.1, 0.15) is 11.4 Å². The third-order valence-electron chi connectivity index (χ3n) is 3.32. The summed E-state index contributed by atoms with van der Waals surface area (Å²) >= 11 is 0. The van der Waals surface area contributed by atoms with Gasteiger partial charge in [-0.15, -0.1) is 9.61 Å². The highest BCUT2D eigenvalue weighted by atomic mass is 15.4. The van der Waals surface area contributed by atoms with Crippen molar-refractivity contribution in [2.75, 3.05) is 0 Å². The predicted molar refractivity (Wildman–Crippen MR) is 70.9 cm³/mol. The summed E-state index contributed by atoms with van der Waals surface area (Å²) < 4.78 is 3.63. The molecule has 0 saturated heterocycles. The third kappa shape index (κ3) is 1.35. The smallest absolute Gasteiger partial charge is 0.111 e. The van der Waals surface area contributed by atoms with Crippen LogP contribution in [0.1, 0.15) is 11.4 Å². The molecule has 0 fully saturated rings. The highest BCUT2D eigenvalue weighted by molar-refractivity contribution is 5.93. The fourth-order valence-corrected chi connectivity index (χ4v) is 2.46. The molecule has 0 aliphatic heterocycles. The van der Waals surface area contributed by atoms with Crippen LogP contribution in [0.4, 0.5) is 0 Å². The Morgan fingerprint density at radius 2 is 2.00 bits per heavy atom. The lowest BCUT2D eigenvalue weighted by molar-refractivity contribution is -0.585. The van der Waals surface area contributed by atoms with E-state index in [1.165, 1.54) is 0 Å². The summed E-state index contributed by atoms with van der Waals surface area (Å²) in [6.45, 7) is 4.00. The Kier molecular flexibility index (Phi) is 1.90. The van der Waals surface area contributed by atoms with Crippen LogP contribution >= 0.6 is 0 Å². The fourth-order valence-electron chi connectivity index (χ4n) is 2.46. The first-order valence-electron chi connectivity index (χ1n) is 6.17. The quantitative estimate of drug-likeness (QED) is 0.446. The van der Waals surface area contributed by atoms with E-state index in [0.29, 0.717) is 0 Å². The molecule has 4 rings (SSSR count). The van der Waals surface area contributed by atoms with Crippen LogP contribution in [0.3, 0.4) is 0 Å². The number of benzene rings is 1. The molecule has 0 aliphatic carbocycles. The van der Waals surface area contributed by atoms with Crippen molar-refractivity contribution in [3.05, 3.63) is 47.9 Å². The average Bonchev–Trinajstić information content (AvgIpc) is 2.78. The van der Waals surface area contributed by atoms with Gasteiger partial charge in [0.15, 0.2) is 0 Å². The summed E-state index contributed by atoms with van der Waals surface area (Å²) in [5, 5.41) is 11.3. The monoisotopic (exact) mass is 250 g/mol. The Bertz CT molecular complexity index is 939. The SMILES string of the molecule is Cc1cc(C)[n+]2nc3c4ccccc4cnn3c2n1. The minimum Gasteiger partial charge on any atom is -0.111 e. The Hall–Kier alpha value is -2.56. The van der Waals surface area contributed by atoms with Crippen molar-refractivity contribution in [1.29, 1.82) is 0 Å². The van der Waals surface area contributed by atoms with E-state index < -0.39 is 0 Å². The van der Waals surface area contributed by atoms with E-state index in [1.54, 1.807) is 4.52 Å². The van der Waals surface area contributed by atoms with Crippen LogP contribution in [0.2, 0.25) is 0 Å². The van der Waals surface area contributed by atoms with Crippen molar-refractivity contribution < 1.29 is 4.52 Å². The van der Waals surface area contributed by atoms with Gasteiger partial charge in [0.05, 0.1) is 6.20 Å². The summed E-state index contributed by atoms with van der Waals surface area (Å²) in [5.41, 5.74) is 2.85. The zero-order chi connectivity index (χ0) is 13.0. The van der Waals surface area contributed by atoms with E-state index in [0.717, 1.165) is 33.6 Å². The Labute approximate surface area is 109 Å². The van der Waals surface area contributed by atoms with Crippen LogP contribution in [0.5, 0.6) is 0 Å². The molecule has 0 saturated carbocycles. The molecule has 0 amide bonds. The van der Waals surface area contributed by atoms with Gasteiger partial charge >= 0.3 is 5.78 Å². The predicted octanol–water partition coefficient (Wildman–Crippen LogP) is 1.63. The van der Waals surface area contributed by atoms with Crippen LogP contribution in [-0.4, -0.2) is 19.7 Å². The minimum atomic E-state index is 0.748. The summed E-state index contributed by atoms with van der Waals surface area (Å²) in [7, 11) is 0. The number of fused-ring (bicyclic) bond motifs is 5. The second-order valence-electron chi connectivity index (χ2n) is 4.72. The van der Waals surface area contributed by atoms with Gasteiger partial charge < -0.3 is 0 Å². The molecule has 5 heteroatoms. The molecule has 0 bridgehead atoms. The van der Waals surface area contributed by atoms with Gasteiger partial charge in [-0.2, -0.15) is 0 Å². The standard InChI is InChI=1S/C14H12N5/c1-9-7-10(2)18-14(16-9)19-13(17-18)12-6-4-3-5-11(12)8-15-19/h3-8H,1-2H3/q+1. The van der Waals surface area contributed by atoms with Gasteiger partial charge in [-0.3, -0.25) is 0 Å². The number of aromatic nitrogens is 5. The van der Waals surface area contributed by atoms with E-state index in [9.17, 15) is 0 Å². The molecule has 0 atom stereocenters. The summed E-state index contributed by atoms with van der Waals surface area (Å²) in [5.74, 6) is 0.748. The van der Waals surface area contributed by atoms with Gasteiger partial charge in [-0.05, 0) is 19.9 Å². The number of hydrogen-bond donors (Lipinski definition) is 0. The van der Waals surface area contributed by atoms with Gasteiger partial charge in [-0.1, -0.05) is 32.8 Å². The lowest BCUT2D eigenvalue weighted by atomic mass is 10.2. The number of rotatable bonds is 0. The number of nitrogens with zero attached hydrogens (tertiary/aromatic N) is 5. The van der Waals surface area contributed by atoms with Crippen molar-refractivity contribution in [3.8, 4) is 0 Å². The molecule has 0 unspecified atom stereocenters. The molecular weight excluding hydrogens is 238 g/mol. The summed E-state index contributed by atoms with van der Waals surface area (Å²) in [6, 6.07) is 10.1. The molecule has 0 spiro atoms. The lowest BCUT2D eigenvalue weighted by Crippen LogP contribution is -2.28. The molecule has 3 heterocycles. The van der Waals surface area contributed by atoms with Crippen molar-refractivity contribution in [3.63, 3.8) is 0 Å². The Balaban J connectivity index is 2.31. The van der Waals surface area contributed by atoms with Crippen molar-refractivity contribution in [2.24, 2.45) is 0 Å². The maximum Gasteiger partial charge on any atom is 0.449 e. The molecule has 1 aromatic carbocycles. The Morgan fingerprint density at radius 1 is 1.16 bits per heavy atom. The molecule has 5 nitrogen and oxygen atoms in total. The van der Waals surface area contributed by atoms with Crippen LogP contribution < -0.4 is 4.52 Å². The second-order valence-corrected chi connectivity index (χ2v) is 4.72. The molecule has 4 aromatic rings. The third-order valence-corrected chi connectivity index (χ3v) is 3.32. The Morgan fingerprint density at radius 3 is 2.89 bits per heavy atom. The molecular formula is C14H12N5+. The zero-order valence-electron chi connectivity index (χ0n) is 10.7. The first-order valence-corrected chi connectivity index (χ1v) is 6.17. The van der Waals surface area contributed by atoms with Crippen molar-refractivity contribution >= 4 is 22.2 Å². The van der Waals surface area contributed by atoms with E-state index in [-0.39, 0.29) is 0 Å². The first-order chi connectivity index (χ1) is 9.24.